The summed E-state index contributed by atoms with van der Waals surface area (Å²) in [5, 5.41) is 0. The Balaban J connectivity index is 1.54. The first-order chi connectivity index (χ1) is 14.9. The third-order valence-electron chi connectivity index (χ3n) is 13.5. The lowest BCUT2D eigenvalue weighted by molar-refractivity contribution is -0.168. The second kappa shape index (κ2) is 7.11. The lowest BCUT2D eigenvalue weighted by atomic mass is 9.35. The number of hydrogen-bond acceptors (Lipinski definition) is 1. The van der Waals surface area contributed by atoms with Gasteiger partial charge in [0.15, 0.2) is 0 Å². The number of allylic oxidation sites excluding steroid dienone is 2. The van der Waals surface area contributed by atoms with E-state index in [-0.39, 0.29) is 5.41 Å². The van der Waals surface area contributed by atoms with Crippen LogP contribution in [0.25, 0.3) is 0 Å². The van der Waals surface area contributed by atoms with Crippen molar-refractivity contribution >= 4 is 0 Å². The zero-order valence-corrected chi connectivity index (χ0v) is 22.8. The molecule has 4 fully saturated rings. The summed E-state index contributed by atoms with van der Waals surface area (Å²) in [6.07, 6.45) is 15.8. The fourth-order valence-corrected chi connectivity index (χ4v) is 11.7. The molecule has 1 nitrogen and oxygen atoms in total. The smallest absolute Gasteiger partial charge is 0.0625 e. The normalized spacial score (nSPS) is 54.3. The van der Waals surface area contributed by atoms with Gasteiger partial charge in [0.2, 0.25) is 0 Å². The maximum absolute atomic E-state index is 6.03. The maximum atomic E-state index is 6.03. The Hall–Kier alpha value is -0.300. The Kier molecular flexibility index (Phi) is 5.21. The molecule has 0 aromatic heterocycles. The Morgan fingerprint density at radius 3 is 2.16 bits per heavy atom. The first-order valence-corrected chi connectivity index (χ1v) is 14.1. The van der Waals surface area contributed by atoms with Crippen LogP contribution in [0.2, 0.25) is 0 Å². The highest BCUT2D eigenvalue weighted by atomic mass is 16.5. The highest BCUT2D eigenvalue weighted by Gasteiger charge is 2.68. The monoisotopic (exact) mass is 440 g/mol. The first kappa shape index (κ1) is 23.4. The summed E-state index contributed by atoms with van der Waals surface area (Å²) in [7, 11) is 1.94. The predicted molar refractivity (Wildman–Crippen MR) is 135 cm³/mol. The minimum Gasteiger partial charge on any atom is -0.381 e. The van der Waals surface area contributed by atoms with Gasteiger partial charge in [-0.1, -0.05) is 67.0 Å². The molecule has 5 aliphatic rings. The average molecular weight is 441 g/mol. The molecule has 0 amide bonds. The zero-order chi connectivity index (χ0) is 23.3. The SMILES string of the molecule is CO[C@H]1CC[C@@]2(C)C3=CC[C@]4(C)[C@H]5CC[C@@H](C(C)C)[C@]5(C)CC[C@@]4(C)[C@@H]3CC[C@H]2C1(C)C. The van der Waals surface area contributed by atoms with Crippen LogP contribution in [0.4, 0.5) is 0 Å². The van der Waals surface area contributed by atoms with Crippen LogP contribution in [0.5, 0.6) is 0 Å². The van der Waals surface area contributed by atoms with E-state index in [0.29, 0.717) is 27.8 Å². The third-order valence-corrected chi connectivity index (χ3v) is 13.5. The minimum absolute atomic E-state index is 0.274. The second-order valence-corrected chi connectivity index (χ2v) is 14.9. The van der Waals surface area contributed by atoms with E-state index < -0.39 is 0 Å². The van der Waals surface area contributed by atoms with Crippen LogP contribution in [0.15, 0.2) is 11.6 Å². The summed E-state index contributed by atoms with van der Waals surface area (Å²) in [5.74, 6) is 4.23. The molecule has 1 heteroatoms. The molecule has 0 bridgehead atoms. The number of methoxy groups -OCH3 is 1. The van der Waals surface area contributed by atoms with Crippen molar-refractivity contribution in [1.29, 1.82) is 0 Å². The maximum Gasteiger partial charge on any atom is 0.0625 e. The van der Waals surface area contributed by atoms with Crippen molar-refractivity contribution in [3.05, 3.63) is 11.6 Å². The predicted octanol–water partition coefficient (Wildman–Crippen LogP) is 8.68. The van der Waals surface area contributed by atoms with Crippen molar-refractivity contribution in [2.24, 2.45) is 56.7 Å². The van der Waals surface area contributed by atoms with Gasteiger partial charge in [0.25, 0.3) is 0 Å². The fraction of sp³-hybridized carbons (Fsp3) is 0.935. The summed E-state index contributed by atoms with van der Waals surface area (Å²) >= 11 is 0. The minimum atomic E-state index is 0.274. The molecule has 0 N–H and O–H groups in total. The van der Waals surface area contributed by atoms with Crippen molar-refractivity contribution in [2.45, 2.75) is 119 Å². The van der Waals surface area contributed by atoms with Gasteiger partial charge in [-0.05, 0) is 114 Å². The van der Waals surface area contributed by atoms with E-state index in [4.69, 9.17) is 4.74 Å². The topological polar surface area (TPSA) is 9.23 Å². The second-order valence-electron chi connectivity index (χ2n) is 14.9. The molecule has 0 heterocycles. The Bertz CT molecular complexity index is 792. The molecule has 0 aromatic carbocycles. The van der Waals surface area contributed by atoms with E-state index >= 15 is 0 Å². The lowest BCUT2D eigenvalue weighted by Crippen LogP contribution is -2.62. The highest BCUT2D eigenvalue weighted by Crippen LogP contribution is 2.76. The van der Waals surface area contributed by atoms with E-state index in [1.54, 1.807) is 0 Å². The fourth-order valence-electron chi connectivity index (χ4n) is 11.7. The van der Waals surface area contributed by atoms with Crippen molar-refractivity contribution in [3.8, 4) is 0 Å². The first-order valence-electron chi connectivity index (χ1n) is 14.1. The molecule has 9 atom stereocenters. The highest BCUT2D eigenvalue weighted by molar-refractivity contribution is 5.33. The van der Waals surface area contributed by atoms with E-state index in [1.165, 1.54) is 57.8 Å². The molecule has 5 aliphatic carbocycles. The zero-order valence-electron chi connectivity index (χ0n) is 22.8. The van der Waals surface area contributed by atoms with E-state index in [1.807, 2.05) is 12.7 Å². The summed E-state index contributed by atoms with van der Waals surface area (Å²) in [5.41, 5.74) is 4.05. The standard InChI is InChI=1S/C31H52O/c1-20(2)21-10-13-25-29(21,6)18-19-30(7)23-11-12-24-27(3,4)26(32-9)15-16-28(24,5)22(23)14-17-31(25,30)8/h14,20-21,23-26H,10-13,15-19H2,1-9H3/t21-,23+,24-,25-,26-,28-,29-,30-,31+/m0/s1. The Labute approximate surface area is 199 Å². The van der Waals surface area contributed by atoms with E-state index in [0.717, 1.165) is 29.6 Å². The molecule has 5 rings (SSSR count). The van der Waals surface area contributed by atoms with Crippen LogP contribution in [-0.2, 0) is 4.74 Å². The number of fused-ring (bicyclic) bond motifs is 7. The molecule has 4 saturated carbocycles. The van der Waals surface area contributed by atoms with Gasteiger partial charge in [-0.15, -0.1) is 0 Å². The number of ether oxygens (including phenoxy) is 1. The third kappa shape index (κ3) is 2.67. The Morgan fingerprint density at radius 2 is 1.50 bits per heavy atom. The summed E-state index contributed by atoms with van der Waals surface area (Å²) in [6, 6.07) is 0. The average Bonchev–Trinajstić information content (AvgIpc) is 3.08. The van der Waals surface area contributed by atoms with Gasteiger partial charge in [0.05, 0.1) is 6.10 Å². The summed E-state index contributed by atoms with van der Waals surface area (Å²) in [4.78, 5) is 0. The van der Waals surface area contributed by atoms with Gasteiger partial charge in [-0.25, -0.2) is 0 Å². The molecule has 32 heavy (non-hydrogen) atoms. The van der Waals surface area contributed by atoms with Gasteiger partial charge in [-0.3, -0.25) is 0 Å². The van der Waals surface area contributed by atoms with Crippen LogP contribution in [0, 0.1) is 56.7 Å². The molecule has 0 spiro atoms. The number of rotatable bonds is 2. The molecule has 0 saturated heterocycles. The van der Waals surface area contributed by atoms with Crippen LogP contribution in [0.3, 0.4) is 0 Å². The Morgan fingerprint density at radius 1 is 0.812 bits per heavy atom. The van der Waals surface area contributed by atoms with E-state index in [2.05, 4.69) is 61.5 Å². The molecular formula is C31H52O. The van der Waals surface area contributed by atoms with Crippen LogP contribution < -0.4 is 0 Å². The molecule has 0 radical (unpaired) electrons. The van der Waals surface area contributed by atoms with Gasteiger partial charge in [-0.2, -0.15) is 0 Å². The number of hydrogen-bond donors (Lipinski definition) is 0. The van der Waals surface area contributed by atoms with Crippen molar-refractivity contribution in [3.63, 3.8) is 0 Å². The van der Waals surface area contributed by atoms with Crippen LogP contribution in [0.1, 0.15) is 113 Å². The molecule has 0 unspecified atom stereocenters. The lowest BCUT2D eigenvalue weighted by Gasteiger charge is -2.69. The van der Waals surface area contributed by atoms with Gasteiger partial charge < -0.3 is 4.74 Å². The van der Waals surface area contributed by atoms with Gasteiger partial charge >= 0.3 is 0 Å². The summed E-state index contributed by atoms with van der Waals surface area (Å²) in [6.45, 7) is 20.9. The molecular weight excluding hydrogens is 388 g/mol. The van der Waals surface area contributed by atoms with E-state index in [9.17, 15) is 0 Å². The van der Waals surface area contributed by atoms with Crippen molar-refractivity contribution in [1.82, 2.24) is 0 Å². The molecule has 182 valence electrons. The van der Waals surface area contributed by atoms with Crippen molar-refractivity contribution < 1.29 is 4.74 Å². The van der Waals surface area contributed by atoms with Crippen LogP contribution >= 0.6 is 0 Å². The van der Waals surface area contributed by atoms with Crippen molar-refractivity contribution in [2.75, 3.05) is 7.11 Å². The largest absolute Gasteiger partial charge is 0.381 e. The van der Waals surface area contributed by atoms with Crippen LogP contribution in [-0.4, -0.2) is 13.2 Å². The summed E-state index contributed by atoms with van der Waals surface area (Å²) < 4.78 is 6.03. The molecule has 0 aromatic rings. The quantitative estimate of drug-likeness (QED) is 0.390. The molecule has 0 aliphatic heterocycles. The van der Waals surface area contributed by atoms with Gasteiger partial charge in [0.1, 0.15) is 0 Å². The van der Waals surface area contributed by atoms with Gasteiger partial charge in [0, 0.05) is 7.11 Å².